The number of hydrogen-bond donors (Lipinski definition) is 4. The SMILES string of the molecule is Cn1ccc(O)c(NC(=O)N[C@@H](CC(=O)O)c2cccc(-c3ccc(F)cc3F)c2)c1=O. The lowest BCUT2D eigenvalue weighted by atomic mass is 9.97. The third kappa shape index (κ3) is 5.09. The summed E-state index contributed by atoms with van der Waals surface area (Å²) in [6.45, 7) is 0. The van der Waals surface area contributed by atoms with E-state index in [2.05, 4.69) is 10.6 Å². The van der Waals surface area contributed by atoms with Crippen LogP contribution in [0.3, 0.4) is 0 Å². The third-order valence-corrected chi connectivity index (χ3v) is 4.70. The minimum atomic E-state index is -1.22. The summed E-state index contributed by atoms with van der Waals surface area (Å²) < 4.78 is 28.5. The zero-order valence-corrected chi connectivity index (χ0v) is 16.8. The second-order valence-corrected chi connectivity index (χ2v) is 6.99. The molecule has 2 aromatic carbocycles. The fourth-order valence-electron chi connectivity index (χ4n) is 3.12. The van der Waals surface area contributed by atoms with E-state index < -0.39 is 47.4 Å². The molecule has 0 unspecified atom stereocenters. The molecule has 3 rings (SSSR count). The number of carbonyl (C=O) groups excluding carboxylic acids is 1. The number of anilines is 1. The fraction of sp³-hybridized carbons (Fsp3) is 0.136. The van der Waals surface area contributed by atoms with Gasteiger partial charge in [0.2, 0.25) is 0 Å². The lowest BCUT2D eigenvalue weighted by Crippen LogP contribution is -2.36. The van der Waals surface area contributed by atoms with Gasteiger partial charge in [0.1, 0.15) is 17.4 Å². The molecule has 0 saturated heterocycles. The summed E-state index contributed by atoms with van der Waals surface area (Å²) >= 11 is 0. The van der Waals surface area contributed by atoms with Crippen molar-refractivity contribution in [3.05, 3.63) is 82.3 Å². The molecule has 0 aliphatic rings. The van der Waals surface area contributed by atoms with Gasteiger partial charge in [0.15, 0.2) is 5.69 Å². The van der Waals surface area contributed by atoms with Crippen molar-refractivity contribution in [1.29, 1.82) is 0 Å². The number of nitrogens with zero attached hydrogens (tertiary/aromatic N) is 1. The zero-order valence-electron chi connectivity index (χ0n) is 16.8. The number of rotatable bonds is 6. The van der Waals surface area contributed by atoms with Gasteiger partial charge in [-0.15, -0.1) is 0 Å². The molecule has 1 aromatic heterocycles. The van der Waals surface area contributed by atoms with E-state index in [-0.39, 0.29) is 11.3 Å². The second kappa shape index (κ2) is 9.29. The van der Waals surface area contributed by atoms with Crippen LogP contribution in [0.1, 0.15) is 18.0 Å². The van der Waals surface area contributed by atoms with Gasteiger partial charge < -0.3 is 25.4 Å². The average Bonchev–Trinajstić information content (AvgIpc) is 2.73. The number of aryl methyl sites for hydroxylation is 1. The molecule has 0 bridgehead atoms. The molecule has 2 amide bonds. The van der Waals surface area contributed by atoms with E-state index in [0.29, 0.717) is 11.1 Å². The fourth-order valence-corrected chi connectivity index (χ4v) is 3.12. The normalized spacial score (nSPS) is 11.6. The Morgan fingerprint density at radius 3 is 2.56 bits per heavy atom. The molecule has 0 fully saturated rings. The Hall–Kier alpha value is -4.21. The Bertz CT molecular complexity index is 1240. The lowest BCUT2D eigenvalue weighted by molar-refractivity contribution is -0.137. The summed E-state index contributed by atoms with van der Waals surface area (Å²) in [7, 11) is 1.43. The molecule has 8 nitrogen and oxygen atoms in total. The molecule has 0 aliphatic heterocycles. The van der Waals surface area contributed by atoms with E-state index in [1.807, 2.05) is 0 Å². The van der Waals surface area contributed by atoms with Gasteiger partial charge in [0.25, 0.3) is 5.56 Å². The lowest BCUT2D eigenvalue weighted by Gasteiger charge is -2.19. The molecule has 0 saturated carbocycles. The molecule has 0 aliphatic carbocycles. The first-order valence-electron chi connectivity index (χ1n) is 9.39. The highest BCUT2D eigenvalue weighted by Gasteiger charge is 2.21. The van der Waals surface area contributed by atoms with Crippen LogP contribution < -0.4 is 16.2 Å². The van der Waals surface area contributed by atoms with E-state index in [1.54, 1.807) is 12.1 Å². The van der Waals surface area contributed by atoms with Crippen LogP contribution >= 0.6 is 0 Å². The van der Waals surface area contributed by atoms with Crippen molar-refractivity contribution in [2.45, 2.75) is 12.5 Å². The number of hydrogen-bond acceptors (Lipinski definition) is 4. The molecular weight excluding hydrogens is 424 g/mol. The summed E-state index contributed by atoms with van der Waals surface area (Å²) in [6.07, 6.45) is 0.801. The number of nitrogens with one attached hydrogen (secondary N) is 2. The third-order valence-electron chi connectivity index (χ3n) is 4.70. The van der Waals surface area contributed by atoms with Crippen LogP contribution in [0.5, 0.6) is 5.75 Å². The second-order valence-electron chi connectivity index (χ2n) is 6.99. The number of aromatic nitrogens is 1. The zero-order chi connectivity index (χ0) is 23.4. The first-order chi connectivity index (χ1) is 15.2. The van der Waals surface area contributed by atoms with Crippen LogP contribution in [0.2, 0.25) is 0 Å². The number of carboxylic acid groups (broad SMARTS) is 1. The maximum Gasteiger partial charge on any atom is 0.319 e. The van der Waals surface area contributed by atoms with Gasteiger partial charge in [-0.25, -0.2) is 13.6 Å². The van der Waals surface area contributed by atoms with E-state index in [0.717, 1.165) is 16.7 Å². The average molecular weight is 443 g/mol. The van der Waals surface area contributed by atoms with Gasteiger partial charge in [-0.2, -0.15) is 0 Å². The van der Waals surface area contributed by atoms with Crippen LogP contribution in [0.4, 0.5) is 19.3 Å². The minimum Gasteiger partial charge on any atom is -0.505 e. The summed E-state index contributed by atoms with van der Waals surface area (Å²) in [4.78, 5) is 35.9. The van der Waals surface area contributed by atoms with Gasteiger partial charge >= 0.3 is 12.0 Å². The largest absolute Gasteiger partial charge is 0.505 e. The summed E-state index contributed by atoms with van der Waals surface area (Å²) in [6, 6.07) is 8.44. The molecule has 10 heteroatoms. The predicted molar refractivity (Wildman–Crippen MR) is 112 cm³/mol. The van der Waals surface area contributed by atoms with Crippen LogP contribution in [0.15, 0.2) is 59.5 Å². The Balaban J connectivity index is 1.89. The monoisotopic (exact) mass is 443 g/mol. The van der Waals surface area contributed by atoms with Crippen molar-refractivity contribution in [3.8, 4) is 16.9 Å². The summed E-state index contributed by atoms with van der Waals surface area (Å²) in [5.41, 5.74) is -0.238. The first-order valence-corrected chi connectivity index (χ1v) is 9.39. The Labute approximate surface area is 180 Å². The van der Waals surface area contributed by atoms with Crippen molar-refractivity contribution in [2.24, 2.45) is 7.05 Å². The van der Waals surface area contributed by atoms with Crippen molar-refractivity contribution in [1.82, 2.24) is 9.88 Å². The minimum absolute atomic E-state index is 0.101. The quantitative estimate of drug-likeness (QED) is 0.466. The predicted octanol–water partition coefficient (Wildman–Crippen LogP) is 3.37. The van der Waals surface area contributed by atoms with E-state index >= 15 is 0 Å². The van der Waals surface area contributed by atoms with Crippen molar-refractivity contribution < 1.29 is 28.6 Å². The number of urea groups is 1. The maximum absolute atomic E-state index is 14.2. The topological polar surface area (TPSA) is 121 Å². The Kier molecular flexibility index (Phi) is 6.53. The number of carboxylic acids is 1. The molecule has 1 heterocycles. The molecular formula is C22H19F2N3O5. The highest BCUT2D eigenvalue weighted by Crippen LogP contribution is 2.27. The van der Waals surface area contributed by atoms with Crippen molar-refractivity contribution in [3.63, 3.8) is 0 Å². The molecule has 4 N–H and O–H groups in total. The van der Waals surface area contributed by atoms with Crippen molar-refractivity contribution >= 4 is 17.7 Å². The van der Waals surface area contributed by atoms with E-state index in [4.69, 9.17) is 0 Å². The van der Waals surface area contributed by atoms with E-state index in [1.165, 1.54) is 37.5 Å². The molecule has 3 aromatic rings. The molecule has 1 atom stereocenters. The number of aliphatic carboxylic acids is 1. The smallest absolute Gasteiger partial charge is 0.319 e. The van der Waals surface area contributed by atoms with Gasteiger partial charge in [-0.3, -0.25) is 9.59 Å². The highest BCUT2D eigenvalue weighted by atomic mass is 19.1. The highest BCUT2D eigenvalue weighted by molar-refractivity contribution is 5.91. The van der Waals surface area contributed by atoms with Crippen LogP contribution in [0, 0.1) is 11.6 Å². The van der Waals surface area contributed by atoms with Gasteiger partial charge in [-0.1, -0.05) is 18.2 Å². The van der Waals surface area contributed by atoms with Gasteiger partial charge in [0, 0.05) is 24.9 Å². The van der Waals surface area contributed by atoms with Gasteiger partial charge in [0.05, 0.1) is 12.5 Å². The number of carbonyl (C=O) groups is 2. The number of aromatic hydroxyl groups is 1. The van der Waals surface area contributed by atoms with Crippen LogP contribution in [-0.2, 0) is 11.8 Å². The Morgan fingerprint density at radius 2 is 1.88 bits per heavy atom. The standard InChI is InChI=1S/C22H19F2N3O5/c1-27-8-7-18(28)20(21(27)31)26-22(32)25-17(11-19(29)30)13-4-2-3-12(9-13)15-6-5-14(23)10-16(15)24/h2-10,17,28H,11H2,1H3,(H,29,30)(H2,25,26,32)/t17-/m0/s1. The van der Waals surface area contributed by atoms with Gasteiger partial charge in [-0.05, 0) is 35.4 Å². The number of halogens is 2. The van der Waals surface area contributed by atoms with E-state index in [9.17, 15) is 33.4 Å². The Morgan fingerprint density at radius 1 is 1.12 bits per heavy atom. The molecule has 0 spiro atoms. The molecule has 166 valence electrons. The summed E-state index contributed by atoms with van der Waals surface area (Å²) in [5, 5.41) is 23.8. The summed E-state index contributed by atoms with van der Waals surface area (Å²) in [5.74, 6) is -3.20. The maximum atomic E-state index is 14.2. The molecule has 0 radical (unpaired) electrons. The molecule has 32 heavy (non-hydrogen) atoms. The van der Waals surface area contributed by atoms with Crippen LogP contribution in [0.25, 0.3) is 11.1 Å². The van der Waals surface area contributed by atoms with Crippen LogP contribution in [-0.4, -0.2) is 26.8 Å². The number of benzene rings is 2. The number of amides is 2. The first kappa shape index (κ1) is 22.5. The number of pyridine rings is 1. The van der Waals surface area contributed by atoms with Crippen molar-refractivity contribution in [2.75, 3.05) is 5.32 Å².